The standard InChI is InChI=1S/C19H20N2O3S2/c1-4-20-19(22)18-12-14-11-15(7-10-17(14)25-18)21(3)26(23,24)16-8-5-13(2)6-9-16/h5-12H,4H2,1-3H3,(H,20,22). The smallest absolute Gasteiger partial charge is 0.264 e. The molecule has 5 nitrogen and oxygen atoms in total. The van der Waals surface area contributed by atoms with Crippen molar-refractivity contribution in [3.63, 3.8) is 0 Å². The second-order valence-corrected chi connectivity index (χ2v) is 9.03. The minimum Gasteiger partial charge on any atom is -0.352 e. The molecule has 1 heterocycles. The molecular weight excluding hydrogens is 368 g/mol. The molecule has 0 aliphatic rings. The normalized spacial score (nSPS) is 11.5. The second-order valence-electron chi connectivity index (χ2n) is 5.98. The van der Waals surface area contributed by atoms with Crippen LogP contribution in [0.4, 0.5) is 5.69 Å². The summed E-state index contributed by atoms with van der Waals surface area (Å²) in [5, 5.41) is 3.62. The summed E-state index contributed by atoms with van der Waals surface area (Å²) in [6.07, 6.45) is 0. The Morgan fingerprint density at radius 3 is 2.46 bits per heavy atom. The summed E-state index contributed by atoms with van der Waals surface area (Å²) in [4.78, 5) is 12.9. The van der Waals surface area contributed by atoms with E-state index in [1.807, 2.05) is 19.9 Å². The monoisotopic (exact) mass is 388 g/mol. The van der Waals surface area contributed by atoms with Gasteiger partial charge in [-0.25, -0.2) is 8.42 Å². The van der Waals surface area contributed by atoms with E-state index in [9.17, 15) is 13.2 Å². The number of amides is 1. The Morgan fingerprint density at radius 1 is 1.12 bits per heavy atom. The number of aryl methyl sites for hydroxylation is 1. The quantitative estimate of drug-likeness (QED) is 0.723. The third kappa shape index (κ3) is 3.45. The maximum absolute atomic E-state index is 12.8. The number of anilines is 1. The lowest BCUT2D eigenvalue weighted by Gasteiger charge is -2.19. The molecule has 1 amide bonds. The Kier molecular flexibility index (Phi) is 5.02. The van der Waals surface area contributed by atoms with Crippen molar-refractivity contribution in [3.05, 3.63) is 59.0 Å². The number of thiophene rings is 1. The molecule has 1 N–H and O–H groups in total. The van der Waals surface area contributed by atoms with E-state index in [0.717, 1.165) is 15.6 Å². The molecule has 0 unspecified atom stereocenters. The van der Waals surface area contributed by atoms with Gasteiger partial charge >= 0.3 is 0 Å². The number of nitrogens with zero attached hydrogens (tertiary/aromatic N) is 1. The minimum atomic E-state index is -3.64. The number of hydrogen-bond donors (Lipinski definition) is 1. The van der Waals surface area contributed by atoms with Gasteiger partial charge in [-0.15, -0.1) is 11.3 Å². The second kappa shape index (κ2) is 7.09. The number of sulfonamides is 1. The van der Waals surface area contributed by atoms with Crippen LogP contribution >= 0.6 is 11.3 Å². The number of hydrogen-bond acceptors (Lipinski definition) is 4. The van der Waals surface area contributed by atoms with Gasteiger partial charge in [0.1, 0.15) is 0 Å². The highest BCUT2D eigenvalue weighted by Crippen LogP contribution is 2.31. The van der Waals surface area contributed by atoms with E-state index in [1.54, 1.807) is 42.5 Å². The molecule has 0 spiro atoms. The van der Waals surface area contributed by atoms with Crippen LogP contribution in [0.3, 0.4) is 0 Å². The predicted molar refractivity (Wildman–Crippen MR) is 107 cm³/mol. The van der Waals surface area contributed by atoms with E-state index in [2.05, 4.69) is 5.32 Å². The third-order valence-electron chi connectivity index (χ3n) is 4.10. The lowest BCUT2D eigenvalue weighted by molar-refractivity contribution is 0.0960. The van der Waals surface area contributed by atoms with Crippen LogP contribution in [-0.4, -0.2) is 27.9 Å². The summed E-state index contributed by atoms with van der Waals surface area (Å²) in [6, 6.07) is 14.0. The topological polar surface area (TPSA) is 66.5 Å². The van der Waals surface area contributed by atoms with Crippen LogP contribution in [0.2, 0.25) is 0 Å². The summed E-state index contributed by atoms with van der Waals surface area (Å²) in [5.41, 5.74) is 1.56. The maximum Gasteiger partial charge on any atom is 0.264 e. The Balaban J connectivity index is 1.96. The molecule has 1 aromatic heterocycles. The van der Waals surface area contributed by atoms with Crippen molar-refractivity contribution in [2.45, 2.75) is 18.7 Å². The molecule has 0 atom stereocenters. The van der Waals surface area contributed by atoms with E-state index >= 15 is 0 Å². The van der Waals surface area contributed by atoms with E-state index in [4.69, 9.17) is 0 Å². The first kappa shape index (κ1) is 18.4. The Bertz CT molecular complexity index is 1050. The fourth-order valence-corrected chi connectivity index (χ4v) is 4.74. The van der Waals surface area contributed by atoms with Crippen molar-refractivity contribution in [2.24, 2.45) is 0 Å². The van der Waals surface area contributed by atoms with E-state index < -0.39 is 10.0 Å². The van der Waals surface area contributed by atoms with Gasteiger partial charge in [-0.05, 0) is 55.6 Å². The fourth-order valence-electron chi connectivity index (χ4n) is 2.59. The summed E-state index contributed by atoms with van der Waals surface area (Å²) in [6.45, 7) is 4.35. The molecule has 0 fully saturated rings. The van der Waals surface area contributed by atoms with Gasteiger partial charge in [-0.3, -0.25) is 9.10 Å². The van der Waals surface area contributed by atoms with Crippen molar-refractivity contribution in [1.29, 1.82) is 0 Å². The van der Waals surface area contributed by atoms with E-state index in [1.165, 1.54) is 22.7 Å². The van der Waals surface area contributed by atoms with Crippen molar-refractivity contribution in [1.82, 2.24) is 5.32 Å². The van der Waals surface area contributed by atoms with Crippen molar-refractivity contribution in [3.8, 4) is 0 Å². The van der Waals surface area contributed by atoms with E-state index in [0.29, 0.717) is 17.1 Å². The summed E-state index contributed by atoms with van der Waals surface area (Å²) in [5.74, 6) is -0.115. The molecule has 0 saturated carbocycles. The van der Waals surface area contributed by atoms with Gasteiger partial charge in [-0.2, -0.15) is 0 Å². The van der Waals surface area contributed by atoms with Crippen molar-refractivity contribution >= 4 is 43.0 Å². The van der Waals surface area contributed by atoms with Gasteiger partial charge in [-0.1, -0.05) is 17.7 Å². The number of rotatable bonds is 5. The molecule has 0 saturated heterocycles. The first-order valence-corrected chi connectivity index (χ1v) is 10.5. The highest BCUT2D eigenvalue weighted by atomic mass is 32.2. The van der Waals surface area contributed by atoms with Gasteiger partial charge in [0.25, 0.3) is 15.9 Å². The molecule has 7 heteroatoms. The fraction of sp³-hybridized carbons (Fsp3) is 0.211. The van der Waals surface area contributed by atoms with Crippen LogP contribution in [0, 0.1) is 6.92 Å². The molecule has 26 heavy (non-hydrogen) atoms. The predicted octanol–water partition coefficient (Wildman–Crippen LogP) is 3.78. The molecule has 0 bridgehead atoms. The zero-order valence-electron chi connectivity index (χ0n) is 14.8. The molecule has 0 radical (unpaired) electrons. The molecule has 2 aromatic carbocycles. The zero-order chi connectivity index (χ0) is 18.9. The van der Waals surface area contributed by atoms with Crippen LogP contribution in [0.1, 0.15) is 22.2 Å². The number of carbonyl (C=O) groups excluding carboxylic acids is 1. The number of carbonyl (C=O) groups is 1. The lowest BCUT2D eigenvalue weighted by atomic mass is 10.2. The number of benzene rings is 2. The average Bonchev–Trinajstić information content (AvgIpc) is 3.05. The van der Waals surface area contributed by atoms with Crippen LogP contribution in [0.25, 0.3) is 10.1 Å². The Hall–Kier alpha value is -2.38. The van der Waals surface area contributed by atoms with Crippen LogP contribution in [0.5, 0.6) is 0 Å². The number of fused-ring (bicyclic) bond motifs is 1. The molecule has 136 valence electrons. The lowest BCUT2D eigenvalue weighted by Crippen LogP contribution is -2.26. The van der Waals surface area contributed by atoms with Crippen molar-refractivity contribution in [2.75, 3.05) is 17.9 Å². The summed E-state index contributed by atoms with van der Waals surface area (Å²) < 4.78 is 27.9. The highest BCUT2D eigenvalue weighted by Gasteiger charge is 2.21. The van der Waals surface area contributed by atoms with Crippen LogP contribution in [0.15, 0.2) is 53.4 Å². The Labute approximate surface area is 157 Å². The molecular formula is C19H20N2O3S2. The Morgan fingerprint density at radius 2 is 1.81 bits per heavy atom. The first-order chi connectivity index (χ1) is 12.3. The SMILES string of the molecule is CCNC(=O)c1cc2cc(N(C)S(=O)(=O)c3ccc(C)cc3)ccc2s1. The van der Waals surface area contributed by atoms with Crippen LogP contribution in [-0.2, 0) is 10.0 Å². The molecule has 3 aromatic rings. The van der Waals surface area contributed by atoms with Crippen LogP contribution < -0.4 is 9.62 Å². The van der Waals surface area contributed by atoms with Gasteiger partial charge in [0.05, 0.1) is 15.5 Å². The van der Waals surface area contributed by atoms with Gasteiger partial charge in [0, 0.05) is 18.3 Å². The zero-order valence-corrected chi connectivity index (χ0v) is 16.4. The van der Waals surface area contributed by atoms with Gasteiger partial charge in [0.2, 0.25) is 0 Å². The largest absolute Gasteiger partial charge is 0.352 e. The summed E-state index contributed by atoms with van der Waals surface area (Å²) in [7, 11) is -2.10. The highest BCUT2D eigenvalue weighted by molar-refractivity contribution is 7.92. The third-order valence-corrected chi connectivity index (χ3v) is 7.02. The van der Waals surface area contributed by atoms with Gasteiger partial charge in [0.15, 0.2) is 0 Å². The van der Waals surface area contributed by atoms with Gasteiger partial charge < -0.3 is 5.32 Å². The molecule has 3 rings (SSSR count). The molecule has 0 aliphatic heterocycles. The summed E-state index contributed by atoms with van der Waals surface area (Å²) >= 11 is 1.39. The average molecular weight is 389 g/mol. The minimum absolute atomic E-state index is 0.115. The number of nitrogens with one attached hydrogen (secondary N) is 1. The maximum atomic E-state index is 12.8. The first-order valence-electron chi connectivity index (χ1n) is 8.20. The molecule has 0 aliphatic carbocycles. The van der Waals surface area contributed by atoms with Crippen molar-refractivity contribution < 1.29 is 13.2 Å². The van der Waals surface area contributed by atoms with E-state index in [-0.39, 0.29) is 10.8 Å².